The molecule has 1 atom stereocenters. The van der Waals surface area contributed by atoms with Crippen molar-refractivity contribution in [1.82, 2.24) is 4.57 Å². The average molecular weight is 265 g/mol. The summed E-state index contributed by atoms with van der Waals surface area (Å²) in [6.07, 6.45) is 2.96. The van der Waals surface area contributed by atoms with Crippen molar-refractivity contribution in [3.05, 3.63) is 28.4 Å². The molecule has 0 saturated heterocycles. The summed E-state index contributed by atoms with van der Waals surface area (Å²) in [5, 5.41) is 1.90. The number of methoxy groups -OCH3 is 1. The molecule has 1 unspecified atom stereocenters. The van der Waals surface area contributed by atoms with Crippen LogP contribution in [0, 0.1) is 0 Å². The normalized spacial score (nSPS) is 19.0. The molecule has 1 heterocycles. The highest BCUT2D eigenvalue weighted by molar-refractivity contribution is 6.36. The maximum absolute atomic E-state index is 6.37. The van der Waals surface area contributed by atoms with E-state index in [1.807, 2.05) is 12.1 Å². The highest BCUT2D eigenvalue weighted by atomic mass is 35.5. The molecule has 1 aliphatic carbocycles. The lowest BCUT2D eigenvalue weighted by Crippen LogP contribution is -2.28. The molecule has 1 aromatic heterocycles. The number of aromatic nitrogens is 1. The summed E-state index contributed by atoms with van der Waals surface area (Å²) in [4.78, 5) is 0. The van der Waals surface area contributed by atoms with Gasteiger partial charge < -0.3 is 15.0 Å². The molecule has 1 aliphatic rings. The quantitative estimate of drug-likeness (QED) is 0.860. The van der Waals surface area contributed by atoms with Gasteiger partial charge in [0.05, 0.1) is 17.6 Å². The maximum Gasteiger partial charge on any atom is 0.143 e. The summed E-state index contributed by atoms with van der Waals surface area (Å²) in [7, 11) is 3.78. The van der Waals surface area contributed by atoms with Gasteiger partial charge in [-0.05, 0) is 37.0 Å². The number of aryl methyl sites for hydroxylation is 1. The van der Waals surface area contributed by atoms with Gasteiger partial charge in [-0.15, -0.1) is 0 Å². The van der Waals surface area contributed by atoms with E-state index in [1.54, 1.807) is 7.11 Å². The molecule has 96 valence electrons. The number of fused-ring (bicyclic) bond motifs is 3. The third kappa shape index (κ3) is 1.54. The summed E-state index contributed by atoms with van der Waals surface area (Å²) in [5.74, 6) is 0.875. The van der Waals surface area contributed by atoms with Crippen molar-refractivity contribution in [2.24, 2.45) is 12.8 Å². The fraction of sp³-hybridized carbons (Fsp3) is 0.429. The topological polar surface area (TPSA) is 40.2 Å². The van der Waals surface area contributed by atoms with Crippen molar-refractivity contribution in [3.8, 4) is 5.75 Å². The zero-order valence-corrected chi connectivity index (χ0v) is 11.4. The van der Waals surface area contributed by atoms with Crippen LogP contribution in [-0.4, -0.2) is 17.7 Å². The third-order valence-electron chi connectivity index (χ3n) is 3.92. The molecule has 18 heavy (non-hydrogen) atoms. The predicted molar refractivity (Wildman–Crippen MR) is 74.5 cm³/mol. The van der Waals surface area contributed by atoms with Crippen LogP contribution in [0.15, 0.2) is 12.1 Å². The summed E-state index contributed by atoms with van der Waals surface area (Å²) < 4.78 is 7.67. The first-order valence-corrected chi connectivity index (χ1v) is 6.59. The van der Waals surface area contributed by atoms with Gasteiger partial charge in [0.25, 0.3) is 0 Å². The van der Waals surface area contributed by atoms with Gasteiger partial charge in [-0.3, -0.25) is 0 Å². The minimum absolute atomic E-state index is 0.241. The zero-order chi connectivity index (χ0) is 12.9. The number of nitrogens with zero attached hydrogens (tertiary/aromatic N) is 1. The summed E-state index contributed by atoms with van der Waals surface area (Å²) in [6.45, 7) is 0. The van der Waals surface area contributed by atoms with Gasteiger partial charge in [0, 0.05) is 24.2 Å². The van der Waals surface area contributed by atoms with E-state index in [0.717, 1.165) is 40.9 Å². The van der Waals surface area contributed by atoms with Crippen LogP contribution in [0.4, 0.5) is 0 Å². The number of halogens is 1. The first-order valence-electron chi connectivity index (χ1n) is 6.21. The van der Waals surface area contributed by atoms with Crippen LogP contribution in [0.3, 0.4) is 0 Å². The van der Waals surface area contributed by atoms with Crippen molar-refractivity contribution < 1.29 is 4.74 Å². The Morgan fingerprint density at radius 1 is 1.44 bits per heavy atom. The summed E-state index contributed by atoms with van der Waals surface area (Å²) in [6, 6.07) is 4.07. The SMILES string of the molecule is COc1ccc(Cl)c2c3c(n(C)c12)CCC(N)C3. The van der Waals surface area contributed by atoms with Crippen molar-refractivity contribution >= 4 is 22.5 Å². The Bertz CT molecular complexity index is 618. The molecule has 0 amide bonds. The van der Waals surface area contributed by atoms with Gasteiger partial charge in [-0.25, -0.2) is 0 Å². The van der Waals surface area contributed by atoms with E-state index in [9.17, 15) is 0 Å². The lowest BCUT2D eigenvalue weighted by molar-refractivity contribution is 0.417. The van der Waals surface area contributed by atoms with Crippen LogP contribution >= 0.6 is 11.6 Å². The summed E-state index contributed by atoms with van der Waals surface area (Å²) in [5.41, 5.74) is 9.82. The Labute approximate surface area is 111 Å². The van der Waals surface area contributed by atoms with Crippen LogP contribution < -0.4 is 10.5 Å². The van der Waals surface area contributed by atoms with E-state index in [0.29, 0.717) is 0 Å². The Balaban J connectivity index is 2.39. The van der Waals surface area contributed by atoms with Crippen LogP contribution in [0.2, 0.25) is 5.02 Å². The smallest absolute Gasteiger partial charge is 0.143 e. The zero-order valence-electron chi connectivity index (χ0n) is 10.7. The molecule has 0 saturated carbocycles. The lowest BCUT2D eigenvalue weighted by atomic mass is 9.92. The maximum atomic E-state index is 6.37. The second-order valence-electron chi connectivity index (χ2n) is 4.96. The number of benzene rings is 1. The number of rotatable bonds is 1. The molecule has 0 fully saturated rings. The molecule has 2 aromatic rings. The van der Waals surface area contributed by atoms with Crippen molar-refractivity contribution in [3.63, 3.8) is 0 Å². The van der Waals surface area contributed by atoms with Crippen LogP contribution in [0.1, 0.15) is 17.7 Å². The molecule has 3 rings (SSSR count). The predicted octanol–water partition coefficient (Wildman–Crippen LogP) is 2.66. The molecular weight excluding hydrogens is 248 g/mol. The molecule has 0 spiro atoms. The average Bonchev–Trinajstić information content (AvgIpc) is 2.65. The van der Waals surface area contributed by atoms with Gasteiger partial charge in [-0.2, -0.15) is 0 Å². The van der Waals surface area contributed by atoms with Crippen molar-refractivity contribution in [2.75, 3.05) is 7.11 Å². The molecule has 2 N–H and O–H groups in total. The number of nitrogens with two attached hydrogens (primary N) is 1. The van der Waals surface area contributed by atoms with E-state index in [2.05, 4.69) is 11.6 Å². The van der Waals surface area contributed by atoms with Gasteiger partial charge in [-0.1, -0.05) is 11.6 Å². The van der Waals surface area contributed by atoms with Gasteiger partial charge in [0.15, 0.2) is 0 Å². The Morgan fingerprint density at radius 3 is 2.94 bits per heavy atom. The highest BCUT2D eigenvalue weighted by Crippen LogP contribution is 2.39. The number of hydrogen-bond acceptors (Lipinski definition) is 2. The molecular formula is C14H17ClN2O. The number of ether oxygens (including phenoxy) is 1. The van der Waals surface area contributed by atoms with Crippen LogP contribution in [0.25, 0.3) is 10.9 Å². The van der Waals surface area contributed by atoms with E-state index >= 15 is 0 Å². The Morgan fingerprint density at radius 2 is 2.22 bits per heavy atom. The van der Waals surface area contributed by atoms with E-state index in [4.69, 9.17) is 22.1 Å². The highest BCUT2D eigenvalue weighted by Gasteiger charge is 2.25. The third-order valence-corrected chi connectivity index (χ3v) is 4.23. The van der Waals surface area contributed by atoms with E-state index in [1.165, 1.54) is 11.3 Å². The first-order chi connectivity index (χ1) is 8.63. The standard InChI is InChI=1S/C14H17ClN2O/c1-17-11-5-3-8(16)7-9(11)13-10(15)4-6-12(18-2)14(13)17/h4,6,8H,3,5,7,16H2,1-2H3. The molecule has 1 aromatic carbocycles. The van der Waals surface area contributed by atoms with Gasteiger partial charge in [0.2, 0.25) is 0 Å². The van der Waals surface area contributed by atoms with E-state index < -0.39 is 0 Å². The molecule has 4 heteroatoms. The lowest BCUT2D eigenvalue weighted by Gasteiger charge is -2.19. The van der Waals surface area contributed by atoms with Crippen LogP contribution in [0.5, 0.6) is 5.75 Å². The van der Waals surface area contributed by atoms with Crippen molar-refractivity contribution in [1.29, 1.82) is 0 Å². The molecule has 0 aliphatic heterocycles. The monoisotopic (exact) mass is 264 g/mol. The molecule has 3 nitrogen and oxygen atoms in total. The Kier molecular flexibility index (Phi) is 2.76. The second kappa shape index (κ2) is 4.18. The second-order valence-corrected chi connectivity index (χ2v) is 5.37. The largest absolute Gasteiger partial charge is 0.495 e. The van der Waals surface area contributed by atoms with Crippen molar-refractivity contribution in [2.45, 2.75) is 25.3 Å². The Hall–Kier alpha value is -1.19. The minimum atomic E-state index is 0.241. The summed E-state index contributed by atoms with van der Waals surface area (Å²) >= 11 is 6.37. The van der Waals surface area contributed by atoms with Crippen LogP contribution in [-0.2, 0) is 19.9 Å². The first kappa shape index (κ1) is 11.9. The fourth-order valence-corrected chi connectivity index (χ4v) is 3.31. The van der Waals surface area contributed by atoms with E-state index in [-0.39, 0.29) is 6.04 Å². The minimum Gasteiger partial charge on any atom is -0.495 e. The number of hydrogen-bond donors (Lipinski definition) is 1. The van der Waals surface area contributed by atoms with Gasteiger partial charge >= 0.3 is 0 Å². The fourth-order valence-electron chi connectivity index (χ4n) is 3.04. The molecule has 0 bridgehead atoms. The van der Waals surface area contributed by atoms with Gasteiger partial charge in [0.1, 0.15) is 5.75 Å². The molecule has 0 radical (unpaired) electrons.